The second kappa shape index (κ2) is 9.47. The van der Waals surface area contributed by atoms with Crippen LogP contribution in [-0.2, 0) is 22.8 Å². The van der Waals surface area contributed by atoms with Crippen LogP contribution in [0.4, 0.5) is 5.95 Å². The Kier molecular flexibility index (Phi) is 6.75. The number of aromatic nitrogens is 2. The van der Waals surface area contributed by atoms with Crippen molar-refractivity contribution < 1.29 is 13.2 Å². The summed E-state index contributed by atoms with van der Waals surface area (Å²) in [6.45, 7) is 6.31. The van der Waals surface area contributed by atoms with Crippen molar-refractivity contribution in [3.05, 3.63) is 80.2 Å². The number of aryl methyl sites for hydroxylation is 1. The van der Waals surface area contributed by atoms with Gasteiger partial charge in [-0.05, 0) is 75.2 Å². The highest BCUT2D eigenvalue weighted by molar-refractivity contribution is 7.90. The van der Waals surface area contributed by atoms with E-state index in [0.717, 1.165) is 11.8 Å². The van der Waals surface area contributed by atoms with E-state index in [2.05, 4.69) is 5.32 Å². The number of fused-ring (bicyclic) bond motifs is 1. The SMILES string of the molecule is Cc1cc(C(=O)N2CCc3c(nc(NC(C)C)n(-c4ccc(S(C)(=O)=O)cc4)c3=O)C2)ccc1Cl. The minimum Gasteiger partial charge on any atom is -0.353 e. The smallest absolute Gasteiger partial charge is 0.263 e. The van der Waals surface area contributed by atoms with Gasteiger partial charge < -0.3 is 10.2 Å². The molecule has 0 unspecified atom stereocenters. The van der Waals surface area contributed by atoms with E-state index in [1.807, 2.05) is 20.8 Å². The third-order valence-electron chi connectivity index (χ3n) is 5.87. The molecule has 0 saturated heterocycles. The van der Waals surface area contributed by atoms with Gasteiger partial charge in [-0.1, -0.05) is 11.6 Å². The Morgan fingerprint density at radius 1 is 1.14 bits per heavy atom. The van der Waals surface area contributed by atoms with Crippen LogP contribution >= 0.6 is 11.6 Å². The van der Waals surface area contributed by atoms with Crippen LogP contribution in [0.5, 0.6) is 0 Å². The molecule has 1 aromatic heterocycles. The number of anilines is 1. The zero-order valence-corrected chi connectivity index (χ0v) is 21.6. The number of sulfone groups is 1. The van der Waals surface area contributed by atoms with Gasteiger partial charge in [-0.15, -0.1) is 0 Å². The molecular formula is C25H27ClN4O4S. The molecule has 184 valence electrons. The zero-order valence-electron chi connectivity index (χ0n) is 20.0. The van der Waals surface area contributed by atoms with Crippen LogP contribution in [0.2, 0.25) is 5.02 Å². The van der Waals surface area contributed by atoms with Gasteiger partial charge in [0, 0.05) is 35.0 Å². The fourth-order valence-electron chi connectivity index (χ4n) is 4.06. The molecule has 0 aliphatic carbocycles. The largest absolute Gasteiger partial charge is 0.353 e. The van der Waals surface area contributed by atoms with Gasteiger partial charge in [-0.3, -0.25) is 9.59 Å². The molecule has 1 aliphatic rings. The van der Waals surface area contributed by atoms with Crippen molar-refractivity contribution in [2.24, 2.45) is 0 Å². The van der Waals surface area contributed by atoms with Crippen molar-refractivity contribution in [1.29, 1.82) is 0 Å². The fraction of sp³-hybridized carbons (Fsp3) is 0.320. The predicted molar refractivity (Wildman–Crippen MR) is 136 cm³/mol. The van der Waals surface area contributed by atoms with E-state index in [4.69, 9.17) is 16.6 Å². The lowest BCUT2D eigenvalue weighted by atomic mass is 10.0. The number of hydrogen-bond acceptors (Lipinski definition) is 6. The number of nitrogens with one attached hydrogen (secondary N) is 1. The molecule has 1 aliphatic heterocycles. The molecule has 0 atom stereocenters. The number of halogens is 1. The molecule has 0 fully saturated rings. The van der Waals surface area contributed by atoms with Crippen molar-refractivity contribution in [3.8, 4) is 5.69 Å². The minimum atomic E-state index is -3.36. The van der Waals surface area contributed by atoms with Crippen molar-refractivity contribution >= 4 is 33.3 Å². The summed E-state index contributed by atoms with van der Waals surface area (Å²) < 4.78 is 25.1. The molecule has 35 heavy (non-hydrogen) atoms. The van der Waals surface area contributed by atoms with Crippen LogP contribution < -0.4 is 10.9 Å². The maximum absolute atomic E-state index is 13.6. The molecule has 4 rings (SSSR count). The molecule has 8 nitrogen and oxygen atoms in total. The molecule has 2 aromatic carbocycles. The van der Waals surface area contributed by atoms with E-state index < -0.39 is 9.84 Å². The lowest BCUT2D eigenvalue weighted by molar-refractivity contribution is 0.0731. The Morgan fingerprint density at radius 3 is 2.43 bits per heavy atom. The first-order valence-electron chi connectivity index (χ1n) is 11.2. The van der Waals surface area contributed by atoms with E-state index >= 15 is 0 Å². The molecular weight excluding hydrogens is 488 g/mol. The van der Waals surface area contributed by atoms with Crippen LogP contribution in [0, 0.1) is 6.92 Å². The van der Waals surface area contributed by atoms with Gasteiger partial charge in [-0.25, -0.2) is 18.0 Å². The molecule has 1 amide bonds. The van der Waals surface area contributed by atoms with Crippen molar-refractivity contribution in [3.63, 3.8) is 0 Å². The summed E-state index contributed by atoms with van der Waals surface area (Å²) >= 11 is 6.10. The lowest BCUT2D eigenvalue weighted by Gasteiger charge is -2.29. The highest BCUT2D eigenvalue weighted by atomic mass is 35.5. The summed E-state index contributed by atoms with van der Waals surface area (Å²) in [6, 6.07) is 11.3. The predicted octanol–water partition coefficient (Wildman–Crippen LogP) is 3.62. The average molecular weight is 515 g/mol. The first-order chi connectivity index (χ1) is 16.5. The van der Waals surface area contributed by atoms with E-state index in [1.54, 1.807) is 35.2 Å². The Morgan fingerprint density at radius 2 is 1.83 bits per heavy atom. The highest BCUT2D eigenvalue weighted by Crippen LogP contribution is 2.23. The molecule has 0 saturated carbocycles. The number of nitrogens with zero attached hydrogens (tertiary/aromatic N) is 3. The standard InChI is InChI=1S/C25H27ClN4O4S/c1-15(2)27-25-28-22-14-29(23(31)17-5-10-21(26)16(3)13-17)12-11-20(22)24(32)30(25)18-6-8-19(9-7-18)35(4,33)34/h5-10,13,15H,11-12,14H2,1-4H3,(H,27,28). The van der Waals surface area contributed by atoms with Gasteiger partial charge >= 0.3 is 0 Å². The quantitative estimate of drug-likeness (QED) is 0.558. The molecule has 0 bridgehead atoms. The van der Waals surface area contributed by atoms with E-state index in [0.29, 0.717) is 46.4 Å². The Balaban J connectivity index is 1.73. The molecule has 3 aromatic rings. The first-order valence-corrected chi connectivity index (χ1v) is 13.5. The summed E-state index contributed by atoms with van der Waals surface area (Å²) in [7, 11) is -3.36. The van der Waals surface area contributed by atoms with E-state index in [-0.39, 0.29) is 28.9 Å². The van der Waals surface area contributed by atoms with Crippen molar-refractivity contribution in [2.75, 3.05) is 18.1 Å². The van der Waals surface area contributed by atoms with Crippen LogP contribution in [0.3, 0.4) is 0 Å². The normalized spacial score (nSPS) is 13.6. The Bertz CT molecular complexity index is 1460. The number of benzene rings is 2. The van der Waals surface area contributed by atoms with Crippen LogP contribution in [-0.4, -0.2) is 47.6 Å². The molecule has 0 spiro atoms. The zero-order chi connectivity index (χ0) is 25.5. The van der Waals surface area contributed by atoms with Gasteiger partial charge in [0.1, 0.15) is 0 Å². The molecule has 2 heterocycles. The lowest BCUT2D eigenvalue weighted by Crippen LogP contribution is -2.41. The first kappa shape index (κ1) is 24.9. The number of carbonyl (C=O) groups excluding carboxylic acids is 1. The van der Waals surface area contributed by atoms with Crippen LogP contribution in [0.1, 0.15) is 41.0 Å². The summed E-state index contributed by atoms with van der Waals surface area (Å²) in [5.74, 6) is 0.198. The van der Waals surface area contributed by atoms with Gasteiger partial charge in [0.25, 0.3) is 11.5 Å². The monoisotopic (exact) mass is 514 g/mol. The van der Waals surface area contributed by atoms with Gasteiger partial charge in [0.15, 0.2) is 9.84 Å². The summed E-state index contributed by atoms with van der Waals surface area (Å²) in [4.78, 5) is 33.3. The maximum atomic E-state index is 13.6. The number of carbonyl (C=O) groups is 1. The maximum Gasteiger partial charge on any atom is 0.263 e. The number of hydrogen-bond donors (Lipinski definition) is 1. The average Bonchev–Trinajstić information content (AvgIpc) is 2.79. The summed E-state index contributed by atoms with van der Waals surface area (Å²) in [6.07, 6.45) is 1.50. The van der Waals surface area contributed by atoms with E-state index in [1.165, 1.54) is 16.7 Å². The second-order valence-electron chi connectivity index (χ2n) is 9.01. The minimum absolute atomic E-state index is 0.0140. The molecule has 10 heteroatoms. The second-order valence-corrected chi connectivity index (χ2v) is 11.4. The van der Waals surface area contributed by atoms with E-state index in [9.17, 15) is 18.0 Å². The molecule has 1 N–H and O–H groups in total. The third-order valence-corrected chi connectivity index (χ3v) is 7.42. The van der Waals surface area contributed by atoms with Gasteiger partial charge in [0.05, 0.1) is 22.8 Å². The van der Waals surface area contributed by atoms with Crippen LogP contribution in [0.15, 0.2) is 52.2 Å². The van der Waals surface area contributed by atoms with Crippen molar-refractivity contribution in [1.82, 2.24) is 14.5 Å². The van der Waals surface area contributed by atoms with Gasteiger partial charge in [-0.2, -0.15) is 0 Å². The summed E-state index contributed by atoms with van der Waals surface area (Å²) in [5, 5.41) is 3.81. The summed E-state index contributed by atoms with van der Waals surface area (Å²) in [5.41, 5.74) is 2.72. The Hall–Kier alpha value is -3.17. The Labute approximate surface area is 209 Å². The fourth-order valence-corrected chi connectivity index (χ4v) is 4.81. The number of amides is 1. The topological polar surface area (TPSA) is 101 Å². The highest BCUT2D eigenvalue weighted by Gasteiger charge is 2.27. The van der Waals surface area contributed by atoms with Crippen molar-refractivity contribution in [2.45, 2.75) is 44.7 Å². The van der Waals surface area contributed by atoms with Crippen LogP contribution in [0.25, 0.3) is 5.69 Å². The molecule has 0 radical (unpaired) electrons. The third kappa shape index (κ3) is 5.11. The van der Waals surface area contributed by atoms with Gasteiger partial charge in [0.2, 0.25) is 5.95 Å². The number of rotatable bonds is 5.